The zero-order chi connectivity index (χ0) is 18.6. The van der Waals surface area contributed by atoms with Crippen molar-refractivity contribution in [2.45, 2.75) is 33.6 Å². The van der Waals surface area contributed by atoms with E-state index in [9.17, 15) is 9.59 Å². The van der Waals surface area contributed by atoms with Crippen LogP contribution in [0.25, 0.3) is 16.5 Å². The van der Waals surface area contributed by atoms with Crippen LogP contribution in [0.1, 0.15) is 36.5 Å². The summed E-state index contributed by atoms with van der Waals surface area (Å²) in [5, 5.41) is 12.3. The fourth-order valence-corrected chi connectivity index (χ4v) is 2.77. The van der Waals surface area contributed by atoms with E-state index >= 15 is 0 Å². The van der Waals surface area contributed by atoms with Crippen LogP contribution in [0, 0.1) is 13.8 Å². The molecule has 0 radical (unpaired) electrons. The minimum Gasteiger partial charge on any atom is -0.496 e. The lowest BCUT2D eigenvalue weighted by Gasteiger charge is -2.13. The lowest BCUT2D eigenvalue weighted by Crippen LogP contribution is -2.23. The lowest BCUT2D eigenvalue weighted by molar-refractivity contribution is -0.137. The summed E-state index contributed by atoms with van der Waals surface area (Å²) in [6.07, 6.45) is 3.64. The second-order valence-electron chi connectivity index (χ2n) is 5.99. The molecule has 134 valence electrons. The normalized spacial score (nSPS) is 11.6. The Labute approximate surface area is 146 Å². The van der Waals surface area contributed by atoms with Gasteiger partial charge in [-0.15, -0.1) is 0 Å². The summed E-state index contributed by atoms with van der Waals surface area (Å²) in [5.74, 6) is -0.453. The third-order valence-electron chi connectivity index (χ3n) is 4.08. The molecule has 1 amide bonds. The molecule has 2 aromatic rings. The summed E-state index contributed by atoms with van der Waals surface area (Å²) in [6.45, 7) is 6.06. The van der Waals surface area contributed by atoms with E-state index in [1.54, 1.807) is 13.4 Å². The number of methoxy groups -OCH3 is 1. The number of rotatable bonds is 7. The summed E-state index contributed by atoms with van der Waals surface area (Å²) in [5.41, 5.74) is 4.28. The first-order chi connectivity index (χ1) is 11.8. The van der Waals surface area contributed by atoms with Crippen LogP contribution < -0.4 is 10.1 Å². The molecule has 1 aromatic carbocycles. The van der Waals surface area contributed by atoms with E-state index in [1.165, 1.54) is 6.08 Å². The number of carbonyl (C=O) groups excluding carboxylic acids is 1. The summed E-state index contributed by atoms with van der Waals surface area (Å²) in [7, 11) is 1.59. The van der Waals surface area contributed by atoms with Gasteiger partial charge in [0, 0.05) is 35.6 Å². The van der Waals surface area contributed by atoms with Gasteiger partial charge in [-0.25, -0.2) is 0 Å². The van der Waals surface area contributed by atoms with E-state index in [4.69, 9.17) is 14.3 Å². The molecular weight excluding hydrogens is 322 g/mol. The molecule has 1 heterocycles. The van der Waals surface area contributed by atoms with E-state index in [0.717, 1.165) is 33.2 Å². The Hall–Kier alpha value is -2.76. The summed E-state index contributed by atoms with van der Waals surface area (Å²) >= 11 is 0. The van der Waals surface area contributed by atoms with Crippen molar-refractivity contribution < 1.29 is 23.8 Å². The number of ether oxygens (including phenoxy) is 1. The number of carboxylic acids is 1. The van der Waals surface area contributed by atoms with Gasteiger partial charge >= 0.3 is 5.97 Å². The first-order valence-corrected chi connectivity index (χ1v) is 8.08. The highest BCUT2D eigenvalue weighted by atomic mass is 16.5. The van der Waals surface area contributed by atoms with Crippen LogP contribution >= 0.6 is 0 Å². The SMILES string of the molecule is COc1c(/C(C)=C/C(=O)NCCCC(=O)O)cc2c(C)coc2c1C. The Kier molecular flexibility index (Phi) is 5.85. The maximum absolute atomic E-state index is 12.0. The van der Waals surface area contributed by atoms with Gasteiger partial charge in [-0.3, -0.25) is 9.59 Å². The van der Waals surface area contributed by atoms with Crippen molar-refractivity contribution in [3.8, 4) is 5.75 Å². The minimum atomic E-state index is -0.870. The maximum Gasteiger partial charge on any atom is 0.303 e. The lowest BCUT2D eigenvalue weighted by atomic mass is 9.98. The molecule has 0 aliphatic rings. The van der Waals surface area contributed by atoms with Gasteiger partial charge in [0.25, 0.3) is 0 Å². The van der Waals surface area contributed by atoms with Crippen LogP contribution in [-0.2, 0) is 9.59 Å². The number of allylic oxidation sites excluding steroid dienone is 1. The molecule has 25 heavy (non-hydrogen) atoms. The molecule has 6 heteroatoms. The zero-order valence-electron chi connectivity index (χ0n) is 14.9. The van der Waals surface area contributed by atoms with Crippen molar-refractivity contribution in [3.63, 3.8) is 0 Å². The standard InChI is InChI=1S/C19H23NO5/c1-11(8-16(21)20-7-5-6-17(22)23)14-9-15-12(2)10-25-19(15)13(3)18(14)24-4/h8-10H,5-7H2,1-4H3,(H,20,21)(H,22,23)/b11-8+. The van der Waals surface area contributed by atoms with Gasteiger partial charge in [0.1, 0.15) is 11.3 Å². The maximum atomic E-state index is 12.0. The van der Waals surface area contributed by atoms with E-state index < -0.39 is 5.97 Å². The summed E-state index contributed by atoms with van der Waals surface area (Å²) in [4.78, 5) is 22.5. The van der Waals surface area contributed by atoms with Gasteiger partial charge in [-0.1, -0.05) is 0 Å². The predicted octanol–water partition coefficient (Wildman–Crippen LogP) is 3.44. The second-order valence-corrected chi connectivity index (χ2v) is 5.99. The molecule has 0 spiro atoms. The average Bonchev–Trinajstić information content (AvgIpc) is 2.93. The quantitative estimate of drug-likeness (QED) is 0.593. The van der Waals surface area contributed by atoms with Gasteiger partial charge < -0.3 is 19.6 Å². The Balaban J connectivity index is 2.25. The topological polar surface area (TPSA) is 88.8 Å². The van der Waals surface area contributed by atoms with Gasteiger partial charge in [0.2, 0.25) is 5.91 Å². The first-order valence-electron chi connectivity index (χ1n) is 8.08. The van der Waals surface area contributed by atoms with Crippen LogP contribution in [0.3, 0.4) is 0 Å². The van der Waals surface area contributed by atoms with Gasteiger partial charge in [-0.2, -0.15) is 0 Å². The third-order valence-corrected chi connectivity index (χ3v) is 4.08. The molecule has 0 bridgehead atoms. The number of hydrogen-bond acceptors (Lipinski definition) is 4. The summed E-state index contributed by atoms with van der Waals surface area (Å²) in [6, 6.07) is 1.96. The number of carboxylic acid groups (broad SMARTS) is 1. The molecule has 2 rings (SSSR count). The Morgan fingerprint density at radius 3 is 2.72 bits per heavy atom. The summed E-state index contributed by atoms with van der Waals surface area (Å²) < 4.78 is 11.1. The first kappa shape index (κ1) is 18.6. The van der Waals surface area contributed by atoms with E-state index in [1.807, 2.05) is 26.8 Å². The number of fused-ring (bicyclic) bond motifs is 1. The molecule has 0 atom stereocenters. The number of nitrogens with one attached hydrogen (secondary N) is 1. The number of furan rings is 1. The Morgan fingerprint density at radius 2 is 2.08 bits per heavy atom. The molecule has 0 saturated heterocycles. The van der Waals surface area contributed by atoms with Gasteiger partial charge in [-0.05, 0) is 44.4 Å². The molecule has 0 aliphatic heterocycles. The molecule has 0 saturated carbocycles. The van der Waals surface area contributed by atoms with Crippen molar-refractivity contribution in [2.75, 3.05) is 13.7 Å². The van der Waals surface area contributed by atoms with Crippen LogP contribution in [-0.4, -0.2) is 30.6 Å². The smallest absolute Gasteiger partial charge is 0.303 e. The van der Waals surface area contributed by atoms with Gasteiger partial charge in [0.15, 0.2) is 0 Å². The number of hydrogen-bond donors (Lipinski definition) is 2. The van der Waals surface area contributed by atoms with Crippen LogP contribution in [0.15, 0.2) is 22.8 Å². The van der Waals surface area contributed by atoms with Crippen LogP contribution in [0.2, 0.25) is 0 Å². The zero-order valence-corrected chi connectivity index (χ0v) is 14.9. The van der Waals surface area contributed by atoms with Crippen molar-refractivity contribution >= 4 is 28.4 Å². The van der Waals surface area contributed by atoms with Crippen molar-refractivity contribution in [2.24, 2.45) is 0 Å². The molecule has 0 fully saturated rings. The number of amides is 1. The number of aryl methyl sites for hydroxylation is 2. The number of carbonyl (C=O) groups is 2. The Bertz CT molecular complexity index is 832. The predicted molar refractivity (Wildman–Crippen MR) is 95.8 cm³/mol. The van der Waals surface area contributed by atoms with E-state index in [0.29, 0.717) is 18.7 Å². The molecule has 0 unspecified atom stereocenters. The third kappa shape index (κ3) is 4.21. The van der Waals surface area contributed by atoms with Crippen molar-refractivity contribution in [1.82, 2.24) is 5.32 Å². The second kappa shape index (κ2) is 7.88. The minimum absolute atomic E-state index is 0.0342. The molecule has 1 aromatic heterocycles. The van der Waals surface area contributed by atoms with Crippen LogP contribution in [0.5, 0.6) is 5.75 Å². The van der Waals surface area contributed by atoms with E-state index in [2.05, 4.69) is 5.32 Å². The highest BCUT2D eigenvalue weighted by Gasteiger charge is 2.16. The fraction of sp³-hybridized carbons (Fsp3) is 0.368. The Morgan fingerprint density at radius 1 is 1.36 bits per heavy atom. The van der Waals surface area contributed by atoms with Crippen molar-refractivity contribution in [1.29, 1.82) is 0 Å². The molecule has 2 N–H and O–H groups in total. The average molecular weight is 345 g/mol. The van der Waals surface area contributed by atoms with Gasteiger partial charge in [0.05, 0.1) is 13.4 Å². The fourth-order valence-electron chi connectivity index (χ4n) is 2.77. The number of aliphatic carboxylic acids is 1. The van der Waals surface area contributed by atoms with E-state index in [-0.39, 0.29) is 12.3 Å². The molecule has 6 nitrogen and oxygen atoms in total. The van der Waals surface area contributed by atoms with Crippen LogP contribution in [0.4, 0.5) is 0 Å². The highest BCUT2D eigenvalue weighted by Crippen LogP contribution is 2.37. The number of benzene rings is 1. The highest BCUT2D eigenvalue weighted by molar-refractivity contribution is 5.98. The van der Waals surface area contributed by atoms with Crippen molar-refractivity contribution in [3.05, 3.63) is 35.1 Å². The monoisotopic (exact) mass is 345 g/mol. The largest absolute Gasteiger partial charge is 0.496 e. The molecule has 0 aliphatic carbocycles. The molecular formula is C19H23NO5.